The molecule has 2 heterocycles. The Balaban J connectivity index is 2.01. The number of aromatic nitrogens is 1. The smallest absolute Gasteiger partial charge is 0.339 e. The molecule has 3 heteroatoms. The Bertz CT molecular complexity index is 1150. The molecule has 3 nitrogen and oxygen atoms in total. The largest absolute Gasteiger partial charge is 0.420 e. The number of aromatic amines is 1. The normalized spacial score (nSPS) is 14.7. The van der Waals surface area contributed by atoms with Crippen molar-refractivity contribution in [1.29, 1.82) is 0 Å². The molecule has 2 aromatic carbocycles. The average Bonchev–Trinajstić information content (AvgIpc) is 2.96. The van der Waals surface area contributed by atoms with E-state index in [-0.39, 0.29) is 5.63 Å². The first-order valence-corrected chi connectivity index (χ1v) is 8.22. The van der Waals surface area contributed by atoms with Crippen LogP contribution in [0.1, 0.15) is 29.5 Å². The number of benzene rings is 2. The number of aryl methyl sites for hydroxylation is 2. The number of hydrogen-bond acceptors (Lipinski definition) is 2. The lowest BCUT2D eigenvalue weighted by molar-refractivity contribution is 0.536. The fourth-order valence-electron chi connectivity index (χ4n) is 4.04. The van der Waals surface area contributed by atoms with E-state index >= 15 is 0 Å². The summed E-state index contributed by atoms with van der Waals surface area (Å²) in [6.45, 7) is 2.10. The fraction of sp³-hybridized carbons (Fsp3) is 0.250. The summed E-state index contributed by atoms with van der Waals surface area (Å²) in [5.74, 6) is 0. The molecule has 0 unspecified atom stereocenters. The Labute approximate surface area is 132 Å². The highest BCUT2D eigenvalue weighted by atomic mass is 16.4. The van der Waals surface area contributed by atoms with Gasteiger partial charge >= 0.3 is 5.63 Å². The number of hydrogen-bond donors (Lipinski definition) is 1. The van der Waals surface area contributed by atoms with Crippen molar-refractivity contribution in [3.63, 3.8) is 0 Å². The molecule has 1 aliphatic rings. The van der Waals surface area contributed by atoms with Gasteiger partial charge in [0.2, 0.25) is 0 Å². The summed E-state index contributed by atoms with van der Waals surface area (Å²) < 4.78 is 5.76. The third-order valence-electron chi connectivity index (χ3n) is 5.20. The minimum absolute atomic E-state index is 0.157. The van der Waals surface area contributed by atoms with Crippen LogP contribution >= 0.6 is 0 Å². The van der Waals surface area contributed by atoms with E-state index in [1.807, 2.05) is 0 Å². The van der Waals surface area contributed by atoms with E-state index in [1.165, 1.54) is 16.5 Å². The van der Waals surface area contributed by atoms with Crippen molar-refractivity contribution < 1.29 is 4.42 Å². The molecule has 0 fully saturated rings. The lowest BCUT2D eigenvalue weighted by Gasteiger charge is -2.16. The van der Waals surface area contributed by atoms with E-state index in [0.717, 1.165) is 53.1 Å². The molecule has 0 radical (unpaired) electrons. The molecule has 1 N–H and O–H groups in total. The third kappa shape index (κ3) is 1.68. The second kappa shape index (κ2) is 4.48. The van der Waals surface area contributed by atoms with Crippen LogP contribution in [0.4, 0.5) is 0 Å². The van der Waals surface area contributed by atoms with Gasteiger partial charge in [-0.25, -0.2) is 4.79 Å². The highest BCUT2D eigenvalue weighted by Gasteiger charge is 2.20. The number of rotatable bonds is 0. The fourth-order valence-corrected chi connectivity index (χ4v) is 4.04. The van der Waals surface area contributed by atoms with Crippen LogP contribution < -0.4 is 5.63 Å². The number of nitrogens with one attached hydrogen (secondary N) is 1. The minimum Gasteiger partial charge on any atom is -0.420 e. The second-order valence-electron chi connectivity index (χ2n) is 6.54. The van der Waals surface area contributed by atoms with Crippen molar-refractivity contribution in [3.05, 3.63) is 57.4 Å². The first-order chi connectivity index (χ1) is 11.2. The topological polar surface area (TPSA) is 46.0 Å². The van der Waals surface area contributed by atoms with Crippen LogP contribution in [-0.2, 0) is 12.8 Å². The van der Waals surface area contributed by atoms with Gasteiger partial charge < -0.3 is 9.40 Å². The standard InChI is InChI=1S/C20H17NO2/c1-11-5-4-8-13-14-9-10-15-12-6-2-3-7-16(12)20(22)23-19(15)18(14)21-17(11)13/h4-5,8-10,21H,2-3,6-7H2,1H3. The maximum atomic E-state index is 12.4. The molecule has 0 atom stereocenters. The summed E-state index contributed by atoms with van der Waals surface area (Å²) in [5.41, 5.74) is 5.90. The first kappa shape index (κ1) is 12.9. The molecule has 114 valence electrons. The molecule has 0 saturated carbocycles. The van der Waals surface area contributed by atoms with E-state index in [9.17, 15) is 4.79 Å². The number of H-pyrrole nitrogens is 1. The first-order valence-electron chi connectivity index (χ1n) is 8.22. The van der Waals surface area contributed by atoms with Crippen LogP contribution in [0.3, 0.4) is 0 Å². The number of fused-ring (bicyclic) bond motifs is 7. The van der Waals surface area contributed by atoms with E-state index in [1.54, 1.807) is 0 Å². The quantitative estimate of drug-likeness (QED) is 0.482. The summed E-state index contributed by atoms with van der Waals surface area (Å²) >= 11 is 0. The van der Waals surface area contributed by atoms with E-state index in [4.69, 9.17) is 4.42 Å². The van der Waals surface area contributed by atoms with E-state index in [0.29, 0.717) is 5.58 Å². The summed E-state index contributed by atoms with van der Waals surface area (Å²) in [5, 5.41) is 3.40. The molecule has 0 aliphatic heterocycles. The van der Waals surface area contributed by atoms with Crippen molar-refractivity contribution in [2.75, 3.05) is 0 Å². The van der Waals surface area contributed by atoms with Crippen LogP contribution in [0.2, 0.25) is 0 Å². The van der Waals surface area contributed by atoms with Gasteiger partial charge in [-0.1, -0.05) is 30.3 Å². The highest BCUT2D eigenvalue weighted by molar-refractivity contribution is 6.16. The molecule has 23 heavy (non-hydrogen) atoms. The van der Waals surface area contributed by atoms with Gasteiger partial charge in [0.05, 0.1) is 5.52 Å². The van der Waals surface area contributed by atoms with Crippen molar-refractivity contribution in [2.45, 2.75) is 32.6 Å². The van der Waals surface area contributed by atoms with Gasteiger partial charge in [0, 0.05) is 27.2 Å². The molecule has 1 aliphatic carbocycles. The van der Waals surface area contributed by atoms with Gasteiger partial charge in [0.1, 0.15) is 0 Å². The maximum Gasteiger partial charge on any atom is 0.339 e. The SMILES string of the molecule is Cc1cccc2c1[nH]c1c2ccc2c3c(c(=O)oc21)CCCC3. The van der Waals surface area contributed by atoms with Gasteiger partial charge in [0.25, 0.3) is 0 Å². The predicted octanol–water partition coefficient (Wildman–Crippen LogP) is 4.61. The molecule has 0 spiro atoms. The predicted molar refractivity (Wildman–Crippen MR) is 93.2 cm³/mol. The van der Waals surface area contributed by atoms with Gasteiger partial charge in [-0.3, -0.25) is 0 Å². The minimum atomic E-state index is -0.157. The molecule has 5 rings (SSSR count). The summed E-state index contributed by atoms with van der Waals surface area (Å²) in [6.07, 6.45) is 4.05. The Hall–Kier alpha value is -2.55. The highest BCUT2D eigenvalue weighted by Crippen LogP contribution is 2.35. The van der Waals surface area contributed by atoms with Crippen LogP contribution in [0.5, 0.6) is 0 Å². The summed E-state index contributed by atoms with van der Waals surface area (Å²) in [6, 6.07) is 10.6. The van der Waals surface area contributed by atoms with Gasteiger partial charge in [-0.15, -0.1) is 0 Å². The van der Waals surface area contributed by atoms with Crippen molar-refractivity contribution in [2.24, 2.45) is 0 Å². The maximum absolute atomic E-state index is 12.4. The molecule has 0 bridgehead atoms. The lowest BCUT2D eigenvalue weighted by Crippen LogP contribution is -2.15. The zero-order chi connectivity index (χ0) is 15.6. The average molecular weight is 303 g/mol. The van der Waals surface area contributed by atoms with Crippen molar-refractivity contribution in [3.8, 4) is 0 Å². The third-order valence-corrected chi connectivity index (χ3v) is 5.20. The summed E-state index contributed by atoms with van der Waals surface area (Å²) in [4.78, 5) is 15.9. The van der Waals surface area contributed by atoms with Crippen molar-refractivity contribution in [1.82, 2.24) is 4.98 Å². The molecular weight excluding hydrogens is 286 g/mol. The molecule has 4 aromatic rings. The Morgan fingerprint density at radius 2 is 1.65 bits per heavy atom. The monoisotopic (exact) mass is 303 g/mol. The molecule has 0 saturated heterocycles. The second-order valence-corrected chi connectivity index (χ2v) is 6.54. The van der Waals surface area contributed by atoms with Gasteiger partial charge in [-0.05, 0) is 43.7 Å². The van der Waals surface area contributed by atoms with E-state index in [2.05, 4.69) is 42.2 Å². The molecule has 0 amide bonds. The molecular formula is C20H17NO2. The molecule has 2 aromatic heterocycles. The zero-order valence-electron chi connectivity index (χ0n) is 13.0. The van der Waals surface area contributed by atoms with Crippen molar-refractivity contribution >= 4 is 32.8 Å². The van der Waals surface area contributed by atoms with Crippen LogP contribution in [0.25, 0.3) is 32.8 Å². The van der Waals surface area contributed by atoms with E-state index < -0.39 is 0 Å². The Morgan fingerprint density at radius 3 is 2.52 bits per heavy atom. The van der Waals surface area contributed by atoms with Gasteiger partial charge in [-0.2, -0.15) is 0 Å². The summed E-state index contributed by atoms with van der Waals surface area (Å²) in [7, 11) is 0. The van der Waals surface area contributed by atoms with Crippen LogP contribution in [0.15, 0.2) is 39.5 Å². The van der Waals surface area contributed by atoms with Gasteiger partial charge in [0.15, 0.2) is 5.58 Å². The zero-order valence-corrected chi connectivity index (χ0v) is 13.0. The Kier molecular flexibility index (Phi) is 2.52. The van der Waals surface area contributed by atoms with Crippen LogP contribution in [0, 0.1) is 6.92 Å². The number of para-hydroxylation sites is 1. The van der Waals surface area contributed by atoms with Crippen LogP contribution in [-0.4, -0.2) is 4.98 Å². The lowest BCUT2D eigenvalue weighted by atomic mass is 9.90. The Morgan fingerprint density at radius 1 is 0.913 bits per heavy atom.